The molecule has 0 amide bonds. The Morgan fingerprint density at radius 2 is 1.86 bits per heavy atom. The highest BCUT2D eigenvalue weighted by atomic mass is 16.5. The molecule has 0 aliphatic heterocycles. The van der Waals surface area contributed by atoms with Crippen LogP contribution in [0.3, 0.4) is 0 Å². The lowest BCUT2D eigenvalue weighted by atomic mass is 10.0. The lowest BCUT2D eigenvalue weighted by Gasteiger charge is -2.18. The fourth-order valence-electron chi connectivity index (χ4n) is 2.26. The summed E-state index contributed by atoms with van der Waals surface area (Å²) in [7, 11) is 1.71. The third-order valence-corrected chi connectivity index (χ3v) is 3.42. The molecule has 2 aromatic rings. The largest absolute Gasteiger partial charge is 0.496 e. The van der Waals surface area contributed by atoms with Gasteiger partial charge in [-0.3, -0.25) is 0 Å². The molecule has 0 aliphatic carbocycles. The Kier molecular flexibility index (Phi) is 5.64. The minimum atomic E-state index is 0.222. The van der Waals surface area contributed by atoms with Crippen LogP contribution in [-0.2, 0) is 0 Å². The SMILES string of the molecule is COc1ccc(C)cc1C(C)NCCOc1ccccc1. The summed E-state index contributed by atoms with van der Waals surface area (Å²) in [6.07, 6.45) is 0. The summed E-state index contributed by atoms with van der Waals surface area (Å²) in [5.74, 6) is 1.82. The lowest BCUT2D eigenvalue weighted by molar-refractivity contribution is 0.306. The van der Waals surface area contributed by atoms with E-state index >= 15 is 0 Å². The number of rotatable bonds is 7. The molecule has 0 spiro atoms. The van der Waals surface area contributed by atoms with E-state index in [0.717, 1.165) is 18.0 Å². The van der Waals surface area contributed by atoms with Gasteiger partial charge in [0.15, 0.2) is 0 Å². The number of aryl methyl sites for hydroxylation is 1. The molecule has 2 rings (SSSR count). The Bertz CT molecular complexity index is 554. The van der Waals surface area contributed by atoms with E-state index in [2.05, 4.69) is 31.3 Å². The summed E-state index contributed by atoms with van der Waals surface area (Å²) in [4.78, 5) is 0. The van der Waals surface area contributed by atoms with Crippen LogP contribution in [0.4, 0.5) is 0 Å². The maximum absolute atomic E-state index is 5.68. The molecule has 1 atom stereocenters. The van der Waals surface area contributed by atoms with Crippen molar-refractivity contribution >= 4 is 0 Å². The third-order valence-electron chi connectivity index (χ3n) is 3.42. The summed E-state index contributed by atoms with van der Waals surface area (Å²) in [6.45, 7) is 5.66. The van der Waals surface area contributed by atoms with Gasteiger partial charge in [0.05, 0.1) is 7.11 Å². The summed E-state index contributed by atoms with van der Waals surface area (Å²) in [6, 6.07) is 16.3. The first-order valence-electron chi connectivity index (χ1n) is 7.26. The predicted octanol–water partition coefficient (Wildman–Crippen LogP) is 3.73. The Labute approximate surface area is 126 Å². The van der Waals surface area contributed by atoms with Crippen LogP contribution in [0, 0.1) is 6.92 Å². The molecule has 1 N–H and O–H groups in total. The highest BCUT2D eigenvalue weighted by Crippen LogP contribution is 2.25. The van der Waals surface area contributed by atoms with Crippen LogP contribution in [0.25, 0.3) is 0 Å². The van der Waals surface area contributed by atoms with Gasteiger partial charge in [0, 0.05) is 18.2 Å². The molecule has 0 bridgehead atoms. The van der Waals surface area contributed by atoms with Gasteiger partial charge in [-0.1, -0.05) is 35.9 Å². The van der Waals surface area contributed by atoms with E-state index in [4.69, 9.17) is 9.47 Å². The van der Waals surface area contributed by atoms with Crippen LogP contribution in [0.15, 0.2) is 48.5 Å². The standard InChI is InChI=1S/C18H23NO2/c1-14-9-10-18(20-3)17(13-14)15(2)19-11-12-21-16-7-5-4-6-8-16/h4-10,13,15,19H,11-12H2,1-3H3. The molecular weight excluding hydrogens is 262 g/mol. The average molecular weight is 285 g/mol. The second-order valence-electron chi connectivity index (χ2n) is 5.08. The minimum Gasteiger partial charge on any atom is -0.496 e. The molecule has 0 saturated carbocycles. The molecule has 0 saturated heterocycles. The number of hydrogen-bond acceptors (Lipinski definition) is 3. The second kappa shape index (κ2) is 7.70. The molecule has 0 radical (unpaired) electrons. The van der Waals surface area contributed by atoms with E-state index in [1.54, 1.807) is 7.11 Å². The predicted molar refractivity (Wildman–Crippen MR) is 86.1 cm³/mol. The first-order chi connectivity index (χ1) is 10.2. The fourth-order valence-corrected chi connectivity index (χ4v) is 2.26. The molecule has 3 nitrogen and oxygen atoms in total. The zero-order valence-electron chi connectivity index (χ0n) is 12.9. The monoisotopic (exact) mass is 285 g/mol. The summed E-state index contributed by atoms with van der Waals surface area (Å²) >= 11 is 0. The fraction of sp³-hybridized carbons (Fsp3) is 0.333. The number of methoxy groups -OCH3 is 1. The van der Waals surface area contributed by atoms with E-state index in [-0.39, 0.29) is 6.04 Å². The lowest BCUT2D eigenvalue weighted by Crippen LogP contribution is -2.24. The third kappa shape index (κ3) is 4.50. The van der Waals surface area contributed by atoms with Gasteiger partial charge in [-0.25, -0.2) is 0 Å². The quantitative estimate of drug-likeness (QED) is 0.786. The average Bonchev–Trinajstić information content (AvgIpc) is 2.52. The molecule has 0 fully saturated rings. The molecule has 1 unspecified atom stereocenters. The molecule has 3 heteroatoms. The molecular formula is C18H23NO2. The Morgan fingerprint density at radius 3 is 2.57 bits per heavy atom. The summed E-state index contributed by atoms with van der Waals surface area (Å²) in [5, 5.41) is 3.47. The van der Waals surface area contributed by atoms with E-state index < -0.39 is 0 Å². The van der Waals surface area contributed by atoms with Crippen molar-refractivity contribution in [3.05, 3.63) is 59.7 Å². The topological polar surface area (TPSA) is 30.5 Å². The van der Waals surface area contributed by atoms with Gasteiger partial charge in [-0.2, -0.15) is 0 Å². The van der Waals surface area contributed by atoms with Crippen molar-refractivity contribution in [2.24, 2.45) is 0 Å². The Morgan fingerprint density at radius 1 is 1.10 bits per heavy atom. The second-order valence-corrected chi connectivity index (χ2v) is 5.08. The summed E-state index contributed by atoms with van der Waals surface area (Å²) < 4.78 is 11.1. The van der Waals surface area contributed by atoms with Gasteiger partial charge in [0.2, 0.25) is 0 Å². The number of ether oxygens (including phenoxy) is 2. The van der Waals surface area contributed by atoms with Gasteiger partial charge >= 0.3 is 0 Å². The molecule has 0 aliphatic rings. The van der Waals surface area contributed by atoms with E-state index in [1.165, 1.54) is 11.1 Å². The van der Waals surface area contributed by atoms with Gasteiger partial charge in [0.1, 0.15) is 18.1 Å². The van der Waals surface area contributed by atoms with E-state index in [1.807, 2.05) is 36.4 Å². The molecule has 0 aromatic heterocycles. The van der Waals surface area contributed by atoms with Crippen molar-refractivity contribution in [3.63, 3.8) is 0 Å². The maximum Gasteiger partial charge on any atom is 0.123 e. The van der Waals surface area contributed by atoms with Crippen molar-refractivity contribution in [2.75, 3.05) is 20.3 Å². The van der Waals surface area contributed by atoms with Crippen LogP contribution in [-0.4, -0.2) is 20.3 Å². The number of nitrogens with one attached hydrogen (secondary N) is 1. The van der Waals surface area contributed by atoms with Crippen molar-refractivity contribution in [1.82, 2.24) is 5.32 Å². The Hall–Kier alpha value is -2.00. The van der Waals surface area contributed by atoms with E-state index in [9.17, 15) is 0 Å². The maximum atomic E-state index is 5.68. The number of benzene rings is 2. The van der Waals surface area contributed by atoms with Crippen molar-refractivity contribution in [1.29, 1.82) is 0 Å². The summed E-state index contributed by atoms with van der Waals surface area (Å²) in [5.41, 5.74) is 2.41. The van der Waals surface area contributed by atoms with Crippen LogP contribution >= 0.6 is 0 Å². The van der Waals surface area contributed by atoms with E-state index in [0.29, 0.717) is 6.61 Å². The molecule has 112 valence electrons. The van der Waals surface area contributed by atoms with Crippen molar-refractivity contribution in [3.8, 4) is 11.5 Å². The number of para-hydroxylation sites is 1. The van der Waals surface area contributed by atoms with Crippen LogP contribution in [0.1, 0.15) is 24.1 Å². The van der Waals surface area contributed by atoms with Crippen molar-refractivity contribution in [2.45, 2.75) is 19.9 Å². The molecule has 21 heavy (non-hydrogen) atoms. The first kappa shape index (κ1) is 15.4. The smallest absolute Gasteiger partial charge is 0.123 e. The van der Waals surface area contributed by atoms with Crippen molar-refractivity contribution < 1.29 is 9.47 Å². The van der Waals surface area contributed by atoms with Gasteiger partial charge in [-0.05, 0) is 32.0 Å². The van der Waals surface area contributed by atoms with Gasteiger partial charge in [-0.15, -0.1) is 0 Å². The van der Waals surface area contributed by atoms with Crippen LogP contribution in [0.5, 0.6) is 11.5 Å². The molecule has 2 aromatic carbocycles. The highest BCUT2D eigenvalue weighted by molar-refractivity contribution is 5.38. The normalized spacial score (nSPS) is 12.0. The van der Waals surface area contributed by atoms with Gasteiger partial charge < -0.3 is 14.8 Å². The first-order valence-corrected chi connectivity index (χ1v) is 7.26. The van der Waals surface area contributed by atoms with Crippen LogP contribution < -0.4 is 14.8 Å². The van der Waals surface area contributed by atoms with Gasteiger partial charge in [0.25, 0.3) is 0 Å². The minimum absolute atomic E-state index is 0.222. The highest BCUT2D eigenvalue weighted by Gasteiger charge is 2.10. The zero-order valence-corrected chi connectivity index (χ0v) is 12.9. The number of hydrogen-bond donors (Lipinski definition) is 1. The zero-order chi connectivity index (χ0) is 15.1. The van der Waals surface area contributed by atoms with Crippen LogP contribution in [0.2, 0.25) is 0 Å². The Balaban J connectivity index is 1.84. The molecule has 0 heterocycles.